The standard InChI is InChI=1S/C19H22N8/c20-5-4-19(11-26(12-19)15-1-6-21-7-2-15)27-10-14(9-25-27)17-16-3-8-22-18(16)24-13-23-17/h3,8-10,13,15,21H,1-2,4,6-7,11-12H2,(H,22,23,24). The van der Waals surface area contributed by atoms with E-state index >= 15 is 0 Å². The van der Waals surface area contributed by atoms with Gasteiger partial charge in [-0.3, -0.25) is 9.58 Å². The molecular weight excluding hydrogens is 340 g/mol. The SMILES string of the molecule is N#CCC1(n2cc(-c3ncnc4[nH]ccc34)cn2)CN(C2CCNCC2)C1. The molecule has 0 atom stereocenters. The Morgan fingerprint density at radius 2 is 2.11 bits per heavy atom. The van der Waals surface area contributed by atoms with Gasteiger partial charge in [-0.1, -0.05) is 0 Å². The molecule has 0 aromatic carbocycles. The van der Waals surface area contributed by atoms with Crippen LogP contribution in [-0.2, 0) is 5.54 Å². The quantitative estimate of drug-likeness (QED) is 0.730. The van der Waals surface area contributed by atoms with Gasteiger partial charge in [-0.15, -0.1) is 0 Å². The first-order valence-electron chi connectivity index (χ1n) is 9.44. The molecule has 0 unspecified atom stereocenters. The van der Waals surface area contributed by atoms with Crippen LogP contribution in [-0.4, -0.2) is 61.9 Å². The molecule has 2 N–H and O–H groups in total. The number of piperidine rings is 1. The van der Waals surface area contributed by atoms with Crippen LogP contribution in [0, 0.1) is 11.3 Å². The minimum Gasteiger partial charge on any atom is -0.346 e. The van der Waals surface area contributed by atoms with Crippen molar-refractivity contribution in [1.82, 2.24) is 34.9 Å². The Balaban J connectivity index is 1.42. The Morgan fingerprint density at radius 3 is 2.93 bits per heavy atom. The number of hydrogen-bond donors (Lipinski definition) is 2. The summed E-state index contributed by atoms with van der Waals surface area (Å²) < 4.78 is 1.99. The van der Waals surface area contributed by atoms with E-state index in [4.69, 9.17) is 0 Å². The molecule has 0 spiro atoms. The van der Waals surface area contributed by atoms with E-state index in [0.717, 1.165) is 48.5 Å². The molecule has 2 aliphatic heterocycles. The molecule has 0 saturated carbocycles. The summed E-state index contributed by atoms with van der Waals surface area (Å²) in [5.41, 5.74) is 2.41. The first-order valence-corrected chi connectivity index (χ1v) is 9.44. The zero-order chi connectivity index (χ0) is 18.3. The maximum Gasteiger partial charge on any atom is 0.141 e. The first-order chi connectivity index (χ1) is 13.3. The molecule has 3 aromatic heterocycles. The highest BCUT2D eigenvalue weighted by atomic mass is 15.4. The molecule has 5 rings (SSSR count). The predicted molar refractivity (Wildman–Crippen MR) is 101 cm³/mol. The van der Waals surface area contributed by atoms with Gasteiger partial charge in [0, 0.05) is 42.5 Å². The van der Waals surface area contributed by atoms with Gasteiger partial charge in [-0.2, -0.15) is 10.4 Å². The van der Waals surface area contributed by atoms with E-state index in [0.29, 0.717) is 12.5 Å². The largest absolute Gasteiger partial charge is 0.346 e. The summed E-state index contributed by atoms with van der Waals surface area (Å²) in [4.78, 5) is 14.3. The molecule has 2 aliphatic rings. The second-order valence-corrected chi connectivity index (χ2v) is 7.58. The van der Waals surface area contributed by atoms with Gasteiger partial charge in [0.05, 0.1) is 24.4 Å². The Bertz CT molecular complexity index is 984. The van der Waals surface area contributed by atoms with Crippen molar-refractivity contribution in [1.29, 1.82) is 5.26 Å². The topological polar surface area (TPSA) is 98.4 Å². The summed E-state index contributed by atoms with van der Waals surface area (Å²) in [5, 5.41) is 18.5. The number of H-pyrrole nitrogens is 1. The van der Waals surface area contributed by atoms with Gasteiger partial charge >= 0.3 is 0 Å². The summed E-state index contributed by atoms with van der Waals surface area (Å²) in [5.74, 6) is 0. The van der Waals surface area contributed by atoms with Crippen LogP contribution in [0.2, 0.25) is 0 Å². The second-order valence-electron chi connectivity index (χ2n) is 7.58. The lowest BCUT2D eigenvalue weighted by Crippen LogP contribution is -2.66. The van der Waals surface area contributed by atoms with E-state index < -0.39 is 0 Å². The molecule has 0 radical (unpaired) electrons. The van der Waals surface area contributed by atoms with Crippen LogP contribution >= 0.6 is 0 Å². The minimum absolute atomic E-state index is 0.234. The average molecular weight is 362 g/mol. The van der Waals surface area contributed by atoms with Crippen molar-refractivity contribution in [2.45, 2.75) is 30.8 Å². The molecular formula is C19H22N8. The Labute approximate surface area is 157 Å². The van der Waals surface area contributed by atoms with Crippen LogP contribution in [0.15, 0.2) is 31.0 Å². The summed E-state index contributed by atoms with van der Waals surface area (Å²) in [7, 11) is 0. The lowest BCUT2D eigenvalue weighted by atomic mass is 9.84. The third-order valence-corrected chi connectivity index (χ3v) is 5.92. The molecule has 0 bridgehead atoms. The fourth-order valence-corrected chi connectivity index (χ4v) is 4.43. The monoisotopic (exact) mass is 362 g/mol. The second kappa shape index (κ2) is 6.44. The number of fused-ring (bicyclic) bond motifs is 1. The Morgan fingerprint density at radius 1 is 1.26 bits per heavy atom. The van der Waals surface area contributed by atoms with Crippen LogP contribution in [0.4, 0.5) is 0 Å². The third-order valence-electron chi connectivity index (χ3n) is 5.92. The Hall–Kier alpha value is -2.76. The van der Waals surface area contributed by atoms with E-state index in [1.54, 1.807) is 6.33 Å². The molecule has 27 heavy (non-hydrogen) atoms. The molecule has 0 aliphatic carbocycles. The van der Waals surface area contributed by atoms with Crippen LogP contribution in [0.3, 0.4) is 0 Å². The number of aromatic nitrogens is 5. The normalized spacial score (nSPS) is 20.4. The number of nitrogens with one attached hydrogen (secondary N) is 2. The van der Waals surface area contributed by atoms with Crippen molar-refractivity contribution in [2.24, 2.45) is 0 Å². The first kappa shape index (κ1) is 16.4. The fourth-order valence-electron chi connectivity index (χ4n) is 4.43. The van der Waals surface area contributed by atoms with Crippen LogP contribution in [0.5, 0.6) is 0 Å². The van der Waals surface area contributed by atoms with Gasteiger partial charge in [0.1, 0.15) is 17.5 Å². The molecule has 5 heterocycles. The predicted octanol–water partition coefficient (Wildman–Crippen LogP) is 1.50. The lowest BCUT2D eigenvalue weighted by Gasteiger charge is -2.53. The van der Waals surface area contributed by atoms with Crippen molar-refractivity contribution in [3.8, 4) is 17.3 Å². The summed E-state index contributed by atoms with van der Waals surface area (Å²) >= 11 is 0. The molecule has 3 aromatic rings. The number of rotatable bonds is 4. The van der Waals surface area contributed by atoms with Gasteiger partial charge in [0.25, 0.3) is 0 Å². The zero-order valence-electron chi connectivity index (χ0n) is 15.1. The van der Waals surface area contributed by atoms with E-state index in [9.17, 15) is 5.26 Å². The maximum absolute atomic E-state index is 9.42. The minimum atomic E-state index is -0.234. The molecule has 138 valence electrons. The average Bonchev–Trinajstić information content (AvgIpc) is 3.34. The highest BCUT2D eigenvalue weighted by molar-refractivity contribution is 5.89. The molecule has 2 fully saturated rings. The molecule has 8 nitrogen and oxygen atoms in total. The number of nitrogens with zero attached hydrogens (tertiary/aromatic N) is 6. The summed E-state index contributed by atoms with van der Waals surface area (Å²) in [6.45, 7) is 3.93. The molecule has 8 heteroatoms. The van der Waals surface area contributed by atoms with Crippen LogP contribution in [0.25, 0.3) is 22.3 Å². The van der Waals surface area contributed by atoms with Gasteiger partial charge < -0.3 is 10.3 Å². The fraction of sp³-hybridized carbons (Fsp3) is 0.474. The van der Waals surface area contributed by atoms with E-state index in [-0.39, 0.29) is 5.54 Å². The summed E-state index contributed by atoms with van der Waals surface area (Å²) in [6.07, 6.45) is 10.1. The highest BCUT2D eigenvalue weighted by Gasteiger charge is 2.47. The van der Waals surface area contributed by atoms with Crippen LogP contribution < -0.4 is 5.32 Å². The van der Waals surface area contributed by atoms with Crippen molar-refractivity contribution in [2.75, 3.05) is 26.2 Å². The molecule has 2 saturated heterocycles. The van der Waals surface area contributed by atoms with E-state index in [2.05, 4.69) is 36.3 Å². The highest BCUT2D eigenvalue weighted by Crippen LogP contribution is 2.36. The number of hydrogen-bond acceptors (Lipinski definition) is 6. The van der Waals surface area contributed by atoms with Crippen molar-refractivity contribution in [3.63, 3.8) is 0 Å². The van der Waals surface area contributed by atoms with Crippen molar-refractivity contribution >= 4 is 11.0 Å². The van der Waals surface area contributed by atoms with Gasteiger partial charge in [-0.05, 0) is 32.0 Å². The van der Waals surface area contributed by atoms with E-state index in [1.165, 1.54) is 12.8 Å². The van der Waals surface area contributed by atoms with Gasteiger partial charge in [-0.25, -0.2) is 9.97 Å². The summed E-state index contributed by atoms with van der Waals surface area (Å²) in [6, 6.07) is 4.98. The van der Waals surface area contributed by atoms with Gasteiger partial charge in [0.15, 0.2) is 0 Å². The smallest absolute Gasteiger partial charge is 0.141 e. The van der Waals surface area contributed by atoms with Crippen LogP contribution in [0.1, 0.15) is 19.3 Å². The Kier molecular flexibility index (Phi) is 3.92. The number of likely N-dealkylation sites (tertiary alicyclic amines) is 1. The maximum atomic E-state index is 9.42. The zero-order valence-corrected chi connectivity index (χ0v) is 15.1. The van der Waals surface area contributed by atoms with Crippen molar-refractivity contribution in [3.05, 3.63) is 31.0 Å². The van der Waals surface area contributed by atoms with Crippen molar-refractivity contribution < 1.29 is 0 Å². The number of aromatic amines is 1. The number of nitriles is 1. The van der Waals surface area contributed by atoms with Gasteiger partial charge in [0.2, 0.25) is 0 Å². The van der Waals surface area contributed by atoms with E-state index in [1.807, 2.05) is 29.3 Å². The molecule has 0 amide bonds. The third kappa shape index (κ3) is 2.71. The lowest BCUT2D eigenvalue weighted by molar-refractivity contribution is -0.0339.